The highest BCUT2D eigenvalue weighted by Gasteiger charge is 2.27. The molecular formula is C16H34N2. The second-order valence-electron chi connectivity index (χ2n) is 6.76. The molecule has 2 nitrogen and oxygen atoms in total. The lowest BCUT2D eigenvalue weighted by Crippen LogP contribution is -2.48. The van der Waals surface area contributed by atoms with Crippen molar-refractivity contribution in [1.29, 1.82) is 0 Å². The van der Waals surface area contributed by atoms with Gasteiger partial charge in [0.1, 0.15) is 0 Å². The molecule has 1 aliphatic rings. The number of hydrogen-bond donors (Lipinski definition) is 1. The fraction of sp³-hybridized carbons (Fsp3) is 1.00. The molecule has 0 saturated carbocycles. The molecule has 0 aromatic rings. The van der Waals surface area contributed by atoms with Gasteiger partial charge in [-0.2, -0.15) is 0 Å². The molecule has 0 aliphatic carbocycles. The SMILES string of the molecule is CCCNC(CC)C(C)N1CCCC(C)(C)CC1. The van der Waals surface area contributed by atoms with Crippen LogP contribution in [-0.2, 0) is 0 Å². The van der Waals surface area contributed by atoms with Gasteiger partial charge in [0.15, 0.2) is 0 Å². The first kappa shape index (κ1) is 16.0. The van der Waals surface area contributed by atoms with Crippen molar-refractivity contribution in [3.8, 4) is 0 Å². The molecule has 1 heterocycles. The van der Waals surface area contributed by atoms with Crippen LogP contribution < -0.4 is 5.32 Å². The second kappa shape index (κ2) is 7.49. The third-order valence-corrected chi connectivity index (χ3v) is 4.63. The van der Waals surface area contributed by atoms with Gasteiger partial charge < -0.3 is 5.32 Å². The van der Waals surface area contributed by atoms with E-state index in [1.165, 1.54) is 45.2 Å². The molecule has 0 amide bonds. The van der Waals surface area contributed by atoms with Crippen molar-refractivity contribution in [1.82, 2.24) is 10.2 Å². The van der Waals surface area contributed by atoms with Gasteiger partial charge in [0.2, 0.25) is 0 Å². The Bertz CT molecular complexity index is 225. The number of hydrogen-bond acceptors (Lipinski definition) is 2. The van der Waals surface area contributed by atoms with E-state index in [4.69, 9.17) is 0 Å². The van der Waals surface area contributed by atoms with Crippen LogP contribution in [0.5, 0.6) is 0 Å². The van der Waals surface area contributed by atoms with Gasteiger partial charge in [-0.3, -0.25) is 4.90 Å². The predicted molar refractivity (Wildman–Crippen MR) is 81.0 cm³/mol. The third kappa shape index (κ3) is 4.89. The number of likely N-dealkylation sites (tertiary alicyclic amines) is 1. The van der Waals surface area contributed by atoms with Gasteiger partial charge in [-0.05, 0) is 64.1 Å². The fourth-order valence-electron chi connectivity index (χ4n) is 3.09. The first-order chi connectivity index (χ1) is 8.50. The molecule has 108 valence electrons. The highest BCUT2D eigenvalue weighted by Crippen LogP contribution is 2.30. The zero-order valence-electron chi connectivity index (χ0n) is 13.3. The maximum absolute atomic E-state index is 3.72. The third-order valence-electron chi connectivity index (χ3n) is 4.63. The summed E-state index contributed by atoms with van der Waals surface area (Å²) in [5, 5.41) is 3.72. The predicted octanol–water partition coefficient (Wildman–Crippen LogP) is 3.67. The number of rotatable bonds is 6. The largest absolute Gasteiger partial charge is 0.312 e. The average Bonchev–Trinajstić information content (AvgIpc) is 2.51. The van der Waals surface area contributed by atoms with E-state index in [9.17, 15) is 0 Å². The van der Waals surface area contributed by atoms with Crippen LogP contribution in [0.1, 0.15) is 66.7 Å². The van der Waals surface area contributed by atoms with Crippen molar-refractivity contribution < 1.29 is 0 Å². The van der Waals surface area contributed by atoms with Crippen molar-refractivity contribution in [3.05, 3.63) is 0 Å². The first-order valence-corrected chi connectivity index (χ1v) is 7.97. The van der Waals surface area contributed by atoms with Crippen LogP contribution in [0.4, 0.5) is 0 Å². The fourth-order valence-corrected chi connectivity index (χ4v) is 3.09. The molecule has 0 radical (unpaired) electrons. The molecule has 1 N–H and O–H groups in total. The summed E-state index contributed by atoms with van der Waals surface area (Å²) in [5.41, 5.74) is 0.549. The molecule has 1 fully saturated rings. The topological polar surface area (TPSA) is 15.3 Å². The molecular weight excluding hydrogens is 220 g/mol. The molecule has 2 atom stereocenters. The summed E-state index contributed by atoms with van der Waals surface area (Å²) < 4.78 is 0. The number of nitrogens with zero attached hydrogens (tertiary/aromatic N) is 1. The lowest BCUT2D eigenvalue weighted by Gasteiger charge is -2.34. The molecule has 2 heteroatoms. The second-order valence-corrected chi connectivity index (χ2v) is 6.76. The minimum absolute atomic E-state index is 0.549. The molecule has 0 spiro atoms. The van der Waals surface area contributed by atoms with E-state index in [2.05, 4.69) is 44.8 Å². The summed E-state index contributed by atoms with van der Waals surface area (Å²) in [6.07, 6.45) is 6.57. The van der Waals surface area contributed by atoms with Gasteiger partial charge >= 0.3 is 0 Å². The van der Waals surface area contributed by atoms with E-state index in [1.54, 1.807) is 0 Å². The van der Waals surface area contributed by atoms with Crippen molar-refractivity contribution in [2.24, 2.45) is 5.41 Å². The Hall–Kier alpha value is -0.0800. The summed E-state index contributed by atoms with van der Waals surface area (Å²) in [4.78, 5) is 2.71. The summed E-state index contributed by atoms with van der Waals surface area (Å²) in [6.45, 7) is 15.5. The van der Waals surface area contributed by atoms with Gasteiger partial charge in [0.25, 0.3) is 0 Å². The van der Waals surface area contributed by atoms with E-state index in [-0.39, 0.29) is 0 Å². The maximum atomic E-state index is 3.72. The summed E-state index contributed by atoms with van der Waals surface area (Å²) in [7, 11) is 0. The Morgan fingerprint density at radius 3 is 2.50 bits per heavy atom. The van der Waals surface area contributed by atoms with Crippen molar-refractivity contribution in [3.63, 3.8) is 0 Å². The van der Waals surface area contributed by atoms with Crippen LogP contribution in [-0.4, -0.2) is 36.6 Å². The molecule has 0 bridgehead atoms. The van der Waals surface area contributed by atoms with E-state index >= 15 is 0 Å². The van der Waals surface area contributed by atoms with Crippen LogP contribution in [0.15, 0.2) is 0 Å². The zero-order chi connectivity index (χ0) is 13.6. The van der Waals surface area contributed by atoms with Gasteiger partial charge in [-0.15, -0.1) is 0 Å². The van der Waals surface area contributed by atoms with Crippen LogP contribution in [0.2, 0.25) is 0 Å². The Labute approximate surface area is 115 Å². The highest BCUT2D eigenvalue weighted by atomic mass is 15.2. The molecule has 1 aliphatic heterocycles. The molecule has 1 saturated heterocycles. The maximum Gasteiger partial charge on any atom is 0.0220 e. The van der Waals surface area contributed by atoms with E-state index in [0.717, 1.165) is 6.54 Å². The monoisotopic (exact) mass is 254 g/mol. The van der Waals surface area contributed by atoms with Crippen LogP contribution in [0, 0.1) is 5.41 Å². The van der Waals surface area contributed by atoms with E-state index < -0.39 is 0 Å². The van der Waals surface area contributed by atoms with Crippen LogP contribution in [0.25, 0.3) is 0 Å². The van der Waals surface area contributed by atoms with Crippen molar-refractivity contribution in [2.75, 3.05) is 19.6 Å². The molecule has 18 heavy (non-hydrogen) atoms. The van der Waals surface area contributed by atoms with Gasteiger partial charge in [-0.1, -0.05) is 27.7 Å². The van der Waals surface area contributed by atoms with E-state index in [0.29, 0.717) is 17.5 Å². The van der Waals surface area contributed by atoms with Crippen LogP contribution in [0.3, 0.4) is 0 Å². The standard InChI is InChI=1S/C16H34N2/c1-6-11-17-15(7-2)14(3)18-12-8-9-16(4,5)10-13-18/h14-15,17H,6-13H2,1-5H3. The van der Waals surface area contributed by atoms with Crippen molar-refractivity contribution in [2.45, 2.75) is 78.8 Å². The Morgan fingerprint density at radius 1 is 1.17 bits per heavy atom. The van der Waals surface area contributed by atoms with Gasteiger partial charge in [-0.25, -0.2) is 0 Å². The summed E-state index contributed by atoms with van der Waals surface area (Å²) >= 11 is 0. The van der Waals surface area contributed by atoms with Gasteiger partial charge in [0.05, 0.1) is 0 Å². The highest BCUT2D eigenvalue weighted by molar-refractivity contribution is 4.84. The lowest BCUT2D eigenvalue weighted by molar-refractivity contribution is 0.166. The Balaban J connectivity index is 2.51. The normalized spacial score (nSPS) is 24.5. The zero-order valence-corrected chi connectivity index (χ0v) is 13.3. The smallest absolute Gasteiger partial charge is 0.0220 e. The first-order valence-electron chi connectivity index (χ1n) is 7.97. The van der Waals surface area contributed by atoms with E-state index in [1.807, 2.05) is 0 Å². The minimum Gasteiger partial charge on any atom is -0.312 e. The number of nitrogens with one attached hydrogen (secondary N) is 1. The Morgan fingerprint density at radius 2 is 1.89 bits per heavy atom. The molecule has 1 rings (SSSR count). The average molecular weight is 254 g/mol. The van der Waals surface area contributed by atoms with Crippen molar-refractivity contribution >= 4 is 0 Å². The quantitative estimate of drug-likeness (QED) is 0.778. The Kier molecular flexibility index (Phi) is 6.65. The minimum atomic E-state index is 0.549. The van der Waals surface area contributed by atoms with Gasteiger partial charge in [0, 0.05) is 12.1 Å². The summed E-state index contributed by atoms with van der Waals surface area (Å²) in [6, 6.07) is 1.33. The molecule has 0 aromatic heterocycles. The lowest BCUT2D eigenvalue weighted by atomic mass is 9.85. The molecule has 0 aromatic carbocycles. The summed E-state index contributed by atoms with van der Waals surface area (Å²) in [5.74, 6) is 0. The van der Waals surface area contributed by atoms with Crippen LogP contribution >= 0.6 is 0 Å². The molecule has 2 unspecified atom stereocenters.